The third-order valence-corrected chi connectivity index (χ3v) is 5.68. The molecule has 0 unspecified atom stereocenters. The van der Waals surface area contributed by atoms with E-state index in [0.29, 0.717) is 41.1 Å². The maximum Gasteiger partial charge on any atom is 0.573 e. The van der Waals surface area contributed by atoms with E-state index in [-0.39, 0.29) is 24.1 Å². The molecular weight excluding hydrogens is 465 g/mol. The highest BCUT2D eigenvalue weighted by Gasteiger charge is 2.31. The van der Waals surface area contributed by atoms with Gasteiger partial charge in [-0.3, -0.25) is 4.79 Å². The Morgan fingerprint density at radius 3 is 2.66 bits per heavy atom. The molecule has 0 spiro atoms. The molecule has 1 saturated heterocycles. The summed E-state index contributed by atoms with van der Waals surface area (Å²) in [5, 5.41) is 3.70. The molecule has 6 nitrogen and oxygen atoms in total. The van der Waals surface area contributed by atoms with Crippen molar-refractivity contribution in [3.8, 4) is 5.75 Å². The normalized spacial score (nSPS) is 14.1. The highest BCUT2D eigenvalue weighted by atomic mass is 35.5. The number of hydrogen-bond acceptors (Lipinski definition) is 6. The van der Waals surface area contributed by atoms with Gasteiger partial charge in [-0.2, -0.15) is 11.8 Å². The van der Waals surface area contributed by atoms with Gasteiger partial charge in [0.25, 0.3) is 5.91 Å². The van der Waals surface area contributed by atoms with Crippen molar-refractivity contribution in [1.82, 2.24) is 14.9 Å². The Hall–Kier alpha value is -2.72. The first-order valence-electron chi connectivity index (χ1n) is 9.56. The van der Waals surface area contributed by atoms with E-state index in [1.165, 1.54) is 24.4 Å². The van der Waals surface area contributed by atoms with E-state index < -0.39 is 6.36 Å². The number of aryl methyl sites for hydroxylation is 1. The second-order valence-corrected chi connectivity index (χ2v) is 8.20. The topological polar surface area (TPSA) is 67.3 Å². The van der Waals surface area contributed by atoms with Gasteiger partial charge < -0.3 is 15.0 Å². The summed E-state index contributed by atoms with van der Waals surface area (Å²) in [5.74, 6) is 1.17. The number of nitrogens with zero attached hydrogens (tertiary/aromatic N) is 3. The molecule has 4 rings (SSSR count). The molecule has 1 aliphatic rings. The zero-order valence-corrected chi connectivity index (χ0v) is 18.6. The predicted octanol–water partition coefficient (Wildman–Crippen LogP) is 5.19. The summed E-state index contributed by atoms with van der Waals surface area (Å²) in [6.07, 6.45) is -3.33. The minimum atomic E-state index is -4.79. The van der Waals surface area contributed by atoms with Crippen LogP contribution < -0.4 is 10.1 Å². The highest BCUT2D eigenvalue weighted by molar-refractivity contribution is 7.99. The third kappa shape index (κ3) is 5.55. The Kier molecular flexibility index (Phi) is 7.35. The van der Waals surface area contributed by atoms with Crippen LogP contribution in [-0.4, -0.2) is 51.7 Å². The standard InChI is InChI=1S/C21H19F3N4O2S.ClH/c1-13-5-6-16-18(27-14-3-2-4-15(11-14)30-21(22,23)24)17(12-25-19(16)26-13)20(29)28-7-9-31-10-8-28;/h2-6,11-12H,7-10H2,1H3,(H,25,26,27);1H. The van der Waals surface area contributed by atoms with Crippen LogP contribution in [0, 0.1) is 6.92 Å². The fraction of sp³-hybridized carbons (Fsp3) is 0.286. The maximum absolute atomic E-state index is 13.2. The molecule has 0 aliphatic carbocycles. The van der Waals surface area contributed by atoms with Crippen molar-refractivity contribution < 1.29 is 22.7 Å². The number of benzene rings is 1. The van der Waals surface area contributed by atoms with Gasteiger partial charge >= 0.3 is 6.36 Å². The first kappa shape index (κ1) is 23.9. The number of anilines is 2. The van der Waals surface area contributed by atoms with E-state index in [4.69, 9.17) is 0 Å². The van der Waals surface area contributed by atoms with Crippen LogP contribution in [0.2, 0.25) is 0 Å². The number of halogens is 4. The van der Waals surface area contributed by atoms with Gasteiger partial charge in [-0.1, -0.05) is 6.07 Å². The van der Waals surface area contributed by atoms with Crippen molar-refractivity contribution in [2.45, 2.75) is 13.3 Å². The molecule has 0 radical (unpaired) electrons. The van der Waals surface area contributed by atoms with Gasteiger partial charge in [0, 0.05) is 53.6 Å². The fourth-order valence-corrected chi connectivity index (χ4v) is 4.22. The summed E-state index contributed by atoms with van der Waals surface area (Å²) in [5.41, 5.74) is 2.34. The number of nitrogens with one attached hydrogen (secondary N) is 1. The van der Waals surface area contributed by atoms with E-state index in [2.05, 4.69) is 20.0 Å². The van der Waals surface area contributed by atoms with E-state index in [1.54, 1.807) is 34.9 Å². The molecule has 32 heavy (non-hydrogen) atoms. The Labute approximate surface area is 193 Å². The summed E-state index contributed by atoms with van der Waals surface area (Å²) in [6.45, 7) is 3.08. The van der Waals surface area contributed by atoms with Crippen LogP contribution in [0.4, 0.5) is 24.5 Å². The van der Waals surface area contributed by atoms with Crippen LogP contribution in [0.15, 0.2) is 42.6 Å². The number of carbonyl (C=O) groups is 1. The Morgan fingerprint density at radius 2 is 1.94 bits per heavy atom. The van der Waals surface area contributed by atoms with Crippen LogP contribution in [0.1, 0.15) is 16.1 Å². The van der Waals surface area contributed by atoms with Crippen molar-refractivity contribution in [3.63, 3.8) is 0 Å². The number of aromatic nitrogens is 2. The zero-order valence-electron chi connectivity index (χ0n) is 17.0. The van der Waals surface area contributed by atoms with Crippen molar-refractivity contribution in [3.05, 3.63) is 53.9 Å². The van der Waals surface area contributed by atoms with Gasteiger partial charge in [-0.15, -0.1) is 25.6 Å². The van der Waals surface area contributed by atoms with Gasteiger partial charge in [0.05, 0.1) is 11.3 Å². The monoisotopic (exact) mass is 484 g/mol. The molecule has 3 aromatic rings. The second kappa shape index (κ2) is 9.83. The number of amides is 1. The minimum Gasteiger partial charge on any atom is -0.406 e. The lowest BCUT2D eigenvalue weighted by Crippen LogP contribution is -2.38. The van der Waals surface area contributed by atoms with Crippen LogP contribution in [0.5, 0.6) is 5.75 Å². The molecule has 1 amide bonds. The highest BCUT2D eigenvalue weighted by Crippen LogP contribution is 2.32. The van der Waals surface area contributed by atoms with E-state index in [0.717, 1.165) is 17.2 Å². The van der Waals surface area contributed by atoms with E-state index in [1.807, 2.05) is 6.92 Å². The van der Waals surface area contributed by atoms with Gasteiger partial charge in [-0.05, 0) is 31.2 Å². The minimum absolute atomic E-state index is 0. The number of hydrogen-bond donors (Lipinski definition) is 1. The Bertz CT molecular complexity index is 1120. The summed E-state index contributed by atoms with van der Waals surface area (Å²) >= 11 is 1.79. The van der Waals surface area contributed by atoms with Gasteiger partial charge in [-0.25, -0.2) is 9.97 Å². The Balaban J connectivity index is 0.00000289. The maximum atomic E-state index is 13.2. The number of alkyl halides is 3. The largest absolute Gasteiger partial charge is 0.573 e. The molecule has 0 bridgehead atoms. The molecule has 170 valence electrons. The number of pyridine rings is 2. The molecule has 11 heteroatoms. The summed E-state index contributed by atoms with van der Waals surface area (Å²) in [6, 6.07) is 9.08. The van der Waals surface area contributed by atoms with Crippen LogP contribution in [0.25, 0.3) is 11.0 Å². The van der Waals surface area contributed by atoms with Gasteiger partial charge in [0.15, 0.2) is 5.65 Å². The summed E-state index contributed by atoms with van der Waals surface area (Å²) in [7, 11) is 0. The van der Waals surface area contributed by atoms with Crippen molar-refractivity contribution >= 4 is 52.5 Å². The number of rotatable bonds is 4. The number of ether oxygens (including phenoxy) is 1. The quantitative estimate of drug-likeness (QED) is 0.549. The molecule has 2 aromatic heterocycles. The lowest BCUT2D eigenvalue weighted by atomic mass is 10.1. The van der Waals surface area contributed by atoms with Crippen LogP contribution >= 0.6 is 24.2 Å². The molecule has 1 N–H and O–H groups in total. The number of fused-ring (bicyclic) bond motifs is 1. The number of thioether (sulfide) groups is 1. The van der Waals surface area contributed by atoms with Crippen LogP contribution in [0.3, 0.4) is 0 Å². The number of carbonyl (C=O) groups excluding carboxylic acids is 1. The fourth-order valence-electron chi connectivity index (χ4n) is 3.32. The molecule has 0 atom stereocenters. The lowest BCUT2D eigenvalue weighted by molar-refractivity contribution is -0.274. The SMILES string of the molecule is Cc1ccc2c(Nc3cccc(OC(F)(F)F)c3)c(C(=O)N3CCSCC3)cnc2n1.Cl. The third-order valence-electron chi connectivity index (χ3n) is 4.73. The smallest absolute Gasteiger partial charge is 0.406 e. The van der Waals surface area contributed by atoms with Gasteiger partial charge in [0.1, 0.15) is 5.75 Å². The zero-order chi connectivity index (χ0) is 22.0. The second-order valence-electron chi connectivity index (χ2n) is 6.98. The van der Waals surface area contributed by atoms with E-state index in [9.17, 15) is 18.0 Å². The lowest BCUT2D eigenvalue weighted by Gasteiger charge is -2.27. The molecule has 1 aliphatic heterocycles. The predicted molar refractivity (Wildman–Crippen MR) is 121 cm³/mol. The molecule has 0 saturated carbocycles. The summed E-state index contributed by atoms with van der Waals surface area (Å²) < 4.78 is 41.8. The average molecular weight is 485 g/mol. The molecule has 3 heterocycles. The van der Waals surface area contributed by atoms with Crippen LogP contribution in [-0.2, 0) is 0 Å². The van der Waals surface area contributed by atoms with E-state index >= 15 is 0 Å². The van der Waals surface area contributed by atoms with Crippen molar-refractivity contribution in [1.29, 1.82) is 0 Å². The Morgan fingerprint density at radius 1 is 1.19 bits per heavy atom. The molecule has 1 aromatic carbocycles. The molecular formula is C21H20ClF3N4O2S. The van der Waals surface area contributed by atoms with Crippen molar-refractivity contribution in [2.75, 3.05) is 29.9 Å². The summed E-state index contributed by atoms with van der Waals surface area (Å²) in [4.78, 5) is 23.7. The first-order valence-corrected chi connectivity index (χ1v) is 10.7. The molecule has 1 fully saturated rings. The van der Waals surface area contributed by atoms with Crippen molar-refractivity contribution in [2.24, 2.45) is 0 Å². The van der Waals surface area contributed by atoms with Gasteiger partial charge in [0.2, 0.25) is 0 Å². The first-order chi connectivity index (χ1) is 14.8. The average Bonchev–Trinajstić information content (AvgIpc) is 2.73.